The van der Waals surface area contributed by atoms with Gasteiger partial charge in [0.2, 0.25) is 10.0 Å². The Labute approximate surface area is 151 Å². The van der Waals surface area contributed by atoms with Crippen LogP contribution in [0.15, 0.2) is 40.2 Å². The van der Waals surface area contributed by atoms with Crippen molar-refractivity contribution in [1.82, 2.24) is 19.2 Å². The molecule has 0 radical (unpaired) electrons. The molecule has 0 unspecified atom stereocenters. The summed E-state index contributed by atoms with van der Waals surface area (Å²) >= 11 is 0. The first-order valence-electron chi connectivity index (χ1n) is 8.78. The highest BCUT2D eigenvalue weighted by Gasteiger charge is 2.23. The molecule has 1 aromatic carbocycles. The smallest absolute Gasteiger partial charge is 0.272 e. The molecule has 1 fully saturated rings. The SMILES string of the molecule is CN(CCN1CCCC1)S(=O)(=O)c1ccc2[nH]c(=O)c3[nH]ccc3c2c1. The summed E-state index contributed by atoms with van der Waals surface area (Å²) in [5.74, 6) is 0. The minimum atomic E-state index is -3.58. The molecule has 8 heteroatoms. The summed E-state index contributed by atoms with van der Waals surface area (Å²) in [6, 6.07) is 6.65. The number of hydrogen-bond donors (Lipinski definition) is 2. The Balaban J connectivity index is 1.68. The molecular weight excluding hydrogens is 352 g/mol. The Hall–Kier alpha value is -2.16. The molecule has 4 rings (SSSR count). The molecule has 26 heavy (non-hydrogen) atoms. The fourth-order valence-electron chi connectivity index (χ4n) is 3.57. The monoisotopic (exact) mass is 374 g/mol. The lowest BCUT2D eigenvalue weighted by molar-refractivity contribution is 0.310. The van der Waals surface area contributed by atoms with Crippen LogP contribution < -0.4 is 5.56 Å². The van der Waals surface area contributed by atoms with E-state index in [0.717, 1.165) is 30.4 Å². The van der Waals surface area contributed by atoms with Gasteiger partial charge >= 0.3 is 0 Å². The molecule has 3 aromatic rings. The van der Waals surface area contributed by atoms with Crippen LogP contribution in [0.1, 0.15) is 12.8 Å². The number of sulfonamides is 1. The summed E-state index contributed by atoms with van der Waals surface area (Å²) in [4.78, 5) is 20.3. The van der Waals surface area contributed by atoms with Gasteiger partial charge in [0.25, 0.3) is 5.56 Å². The zero-order chi connectivity index (χ0) is 18.3. The molecule has 3 heterocycles. The van der Waals surface area contributed by atoms with Crippen LogP contribution >= 0.6 is 0 Å². The summed E-state index contributed by atoms with van der Waals surface area (Å²) < 4.78 is 27.3. The topological polar surface area (TPSA) is 89.3 Å². The fraction of sp³-hybridized carbons (Fsp3) is 0.389. The first kappa shape index (κ1) is 17.3. The molecule has 138 valence electrons. The number of nitrogens with one attached hydrogen (secondary N) is 2. The highest BCUT2D eigenvalue weighted by molar-refractivity contribution is 7.89. The van der Waals surface area contributed by atoms with E-state index in [4.69, 9.17) is 0 Å². The van der Waals surface area contributed by atoms with Crippen molar-refractivity contribution in [3.8, 4) is 0 Å². The van der Waals surface area contributed by atoms with Gasteiger partial charge in [-0.3, -0.25) is 4.79 Å². The molecule has 0 spiro atoms. The van der Waals surface area contributed by atoms with Crippen LogP contribution in [0, 0.1) is 0 Å². The molecule has 0 saturated carbocycles. The quantitative estimate of drug-likeness (QED) is 0.712. The number of likely N-dealkylation sites (N-methyl/N-ethyl adjacent to an activating group) is 1. The van der Waals surface area contributed by atoms with Gasteiger partial charge in [-0.25, -0.2) is 8.42 Å². The van der Waals surface area contributed by atoms with Gasteiger partial charge in [0.05, 0.1) is 4.90 Å². The third-order valence-corrected chi connectivity index (χ3v) is 6.99. The predicted molar refractivity (Wildman–Crippen MR) is 102 cm³/mol. The number of nitrogens with zero attached hydrogens (tertiary/aromatic N) is 2. The van der Waals surface area contributed by atoms with Crippen molar-refractivity contribution in [2.45, 2.75) is 17.7 Å². The molecule has 2 N–H and O–H groups in total. The van der Waals surface area contributed by atoms with E-state index >= 15 is 0 Å². The molecular formula is C18H22N4O3S. The maximum atomic E-state index is 12.9. The van der Waals surface area contributed by atoms with E-state index in [1.807, 2.05) is 0 Å². The Morgan fingerprint density at radius 1 is 1.15 bits per heavy atom. The standard InChI is InChI=1S/C18H22N4O3S/c1-21(10-11-22-8-2-3-9-22)26(24,25)13-4-5-16-15(12-13)14-6-7-19-17(14)18(23)20-16/h4-7,12,19H,2-3,8-11H2,1H3,(H,20,23). The molecule has 0 amide bonds. The van der Waals surface area contributed by atoms with E-state index in [-0.39, 0.29) is 10.5 Å². The van der Waals surface area contributed by atoms with Gasteiger partial charge in [-0.05, 0) is 50.2 Å². The maximum absolute atomic E-state index is 12.9. The lowest BCUT2D eigenvalue weighted by Crippen LogP contribution is -2.35. The van der Waals surface area contributed by atoms with Crippen molar-refractivity contribution in [3.05, 3.63) is 40.8 Å². The Bertz CT molecular complexity index is 1110. The average Bonchev–Trinajstić information content (AvgIpc) is 3.31. The minimum Gasteiger partial charge on any atom is -0.357 e. The molecule has 1 aliphatic rings. The molecule has 1 saturated heterocycles. The van der Waals surface area contributed by atoms with E-state index in [0.29, 0.717) is 17.6 Å². The number of H-pyrrole nitrogens is 2. The zero-order valence-electron chi connectivity index (χ0n) is 14.7. The molecule has 7 nitrogen and oxygen atoms in total. The lowest BCUT2D eigenvalue weighted by Gasteiger charge is -2.21. The van der Waals surface area contributed by atoms with Crippen LogP contribution in [0.25, 0.3) is 21.8 Å². The van der Waals surface area contributed by atoms with Crippen molar-refractivity contribution in [2.24, 2.45) is 0 Å². The van der Waals surface area contributed by atoms with Crippen LogP contribution in [-0.2, 0) is 10.0 Å². The minimum absolute atomic E-state index is 0.212. The van der Waals surface area contributed by atoms with Gasteiger partial charge < -0.3 is 14.9 Å². The van der Waals surface area contributed by atoms with E-state index in [1.165, 1.54) is 17.1 Å². The number of aromatic nitrogens is 2. The van der Waals surface area contributed by atoms with Crippen LogP contribution in [0.2, 0.25) is 0 Å². The highest BCUT2D eigenvalue weighted by Crippen LogP contribution is 2.25. The first-order valence-corrected chi connectivity index (χ1v) is 10.2. The third-order valence-electron chi connectivity index (χ3n) is 5.14. The van der Waals surface area contributed by atoms with Gasteiger partial charge in [-0.2, -0.15) is 4.31 Å². The summed E-state index contributed by atoms with van der Waals surface area (Å²) in [5.41, 5.74) is 0.867. The Morgan fingerprint density at radius 2 is 1.92 bits per heavy atom. The van der Waals surface area contributed by atoms with Gasteiger partial charge in [0.1, 0.15) is 5.52 Å². The molecule has 0 atom stereocenters. The maximum Gasteiger partial charge on any atom is 0.272 e. The second-order valence-corrected chi connectivity index (χ2v) is 8.85. The van der Waals surface area contributed by atoms with Gasteiger partial charge in [0.15, 0.2) is 0 Å². The van der Waals surface area contributed by atoms with Gasteiger partial charge in [-0.1, -0.05) is 0 Å². The van der Waals surface area contributed by atoms with Crippen molar-refractivity contribution >= 4 is 31.8 Å². The van der Waals surface area contributed by atoms with Crippen LogP contribution in [0.3, 0.4) is 0 Å². The molecule has 0 bridgehead atoms. The average molecular weight is 374 g/mol. The van der Waals surface area contributed by atoms with Crippen LogP contribution in [0.5, 0.6) is 0 Å². The predicted octanol–water partition coefficient (Wildman–Crippen LogP) is 1.73. The normalized spacial score (nSPS) is 16.2. The fourth-order valence-corrected chi connectivity index (χ4v) is 4.76. The van der Waals surface area contributed by atoms with E-state index in [2.05, 4.69) is 14.9 Å². The first-order chi connectivity index (χ1) is 12.5. The van der Waals surface area contributed by atoms with Crippen molar-refractivity contribution in [1.29, 1.82) is 0 Å². The third kappa shape index (κ3) is 2.94. The van der Waals surface area contributed by atoms with E-state index < -0.39 is 10.0 Å². The Morgan fingerprint density at radius 3 is 2.69 bits per heavy atom. The number of fused-ring (bicyclic) bond motifs is 3. The number of benzene rings is 1. The lowest BCUT2D eigenvalue weighted by atomic mass is 10.1. The van der Waals surface area contributed by atoms with Crippen molar-refractivity contribution < 1.29 is 8.42 Å². The summed E-state index contributed by atoms with van der Waals surface area (Å²) in [5, 5.41) is 1.44. The number of hydrogen-bond acceptors (Lipinski definition) is 4. The second-order valence-electron chi connectivity index (χ2n) is 6.80. The summed E-state index contributed by atoms with van der Waals surface area (Å²) in [6.45, 7) is 3.30. The zero-order valence-corrected chi connectivity index (χ0v) is 15.5. The van der Waals surface area contributed by atoms with Crippen molar-refractivity contribution in [2.75, 3.05) is 33.2 Å². The van der Waals surface area contributed by atoms with Crippen LogP contribution in [-0.4, -0.2) is 60.8 Å². The number of pyridine rings is 1. The molecule has 2 aromatic heterocycles. The van der Waals surface area contributed by atoms with Crippen molar-refractivity contribution in [3.63, 3.8) is 0 Å². The van der Waals surface area contributed by atoms with Crippen LogP contribution in [0.4, 0.5) is 0 Å². The molecule has 0 aliphatic carbocycles. The number of likely N-dealkylation sites (tertiary alicyclic amines) is 1. The number of rotatable bonds is 5. The van der Waals surface area contributed by atoms with E-state index in [9.17, 15) is 13.2 Å². The van der Waals surface area contributed by atoms with E-state index in [1.54, 1.807) is 37.5 Å². The molecule has 1 aliphatic heterocycles. The summed E-state index contributed by atoms with van der Waals surface area (Å²) in [7, 11) is -1.96. The highest BCUT2D eigenvalue weighted by atomic mass is 32.2. The summed E-state index contributed by atoms with van der Waals surface area (Å²) in [6.07, 6.45) is 4.06. The number of aromatic amines is 2. The van der Waals surface area contributed by atoms with Gasteiger partial charge in [0, 0.05) is 42.6 Å². The Kier molecular flexibility index (Phi) is 4.34. The second kappa shape index (κ2) is 6.53. The largest absolute Gasteiger partial charge is 0.357 e. The van der Waals surface area contributed by atoms with Gasteiger partial charge in [-0.15, -0.1) is 0 Å².